The van der Waals surface area contributed by atoms with Crippen molar-refractivity contribution in [2.24, 2.45) is 0 Å². The number of rotatable bonds is 11. The molecule has 0 bridgehead atoms. The summed E-state index contributed by atoms with van der Waals surface area (Å²) in [7, 11) is -9.07. The normalized spacial score (nSPS) is 17.2. The zero-order valence-corrected chi connectivity index (χ0v) is 39.0. The highest BCUT2D eigenvalue weighted by atomic mass is 32.2. The molecule has 0 unspecified atom stereocenters. The largest absolute Gasteiger partial charge is 0.744 e. The highest BCUT2D eigenvalue weighted by molar-refractivity contribution is 7.97. The van der Waals surface area contributed by atoms with Gasteiger partial charge in [-0.1, -0.05) is 138 Å². The number of benzene rings is 5. The molecule has 5 aromatic carbocycles. The molecule has 5 aromatic rings. The number of hydrogen-bond acceptors (Lipinski definition) is 6. The Labute approximate surface area is 373 Å². The Balaban J connectivity index is 0.000000245. The molecule has 0 aliphatic heterocycles. The summed E-state index contributed by atoms with van der Waals surface area (Å²) < 4.78 is 70.9. The average Bonchev–Trinajstić information content (AvgIpc) is 3.28. The van der Waals surface area contributed by atoms with Gasteiger partial charge in [0, 0.05) is 6.07 Å². The van der Waals surface area contributed by atoms with Crippen LogP contribution in [0.25, 0.3) is 0 Å². The fraction of sp³-hybridized carbons (Fsp3) is 0.412. The predicted molar refractivity (Wildman–Crippen MR) is 250 cm³/mol. The van der Waals surface area contributed by atoms with E-state index in [1.165, 1.54) is 64.5 Å². The Morgan fingerprint density at radius 3 is 1.34 bits per heavy atom. The van der Waals surface area contributed by atoms with Crippen LogP contribution in [0.4, 0.5) is 0 Å². The monoisotopic (exact) mass is 897 g/mol. The van der Waals surface area contributed by atoms with Gasteiger partial charge in [0.05, 0.1) is 15.8 Å². The molecule has 0 spiro atoms. The van der Waals surface area contributed by atoms with Gasteiger partial charge in [0.25, 0.3) is 0 Å². The molecule has 324 valence electrons. The van der Waals surface area contributed by atoms with Crippen molar-refractivity contribution < 1.29 is 25.6 Å². The SMILES string of the molecule is CC(C)c1cc(OS(=O)(=O)c2c(C3CCCCC3)cc(C3CCCCC3)cc2C2CCCCC2)c([SH2+])cc1S(=O)(=O)[O-].c1ccc([S+](c2ccccc2)c2ccccc2)cc1. The van der Waals surface area contributed by atoms with Gasteiger partial charge in [-0.2, -0.15) is 8.42 Å². The van der Waals surface area contributed by atoms with Crippen LogP contribution in [0.3, 0.4) is 0 Å². The molecule has 3 aliphatic carbocycles. The summed E-state index contributed by atoms with van der Waals surface area (Å²) in [4.78, 5) is 4.17. The zero-order chi connectivity index (χ0) is 43.0. The minimum absolute atomic E-state index is 0.00307. The maximum Gasteiger partial charge on any atom is 0.339 e. The lowest BCUT2D eigenvalue weighted by atomic mass is 9.76. The Morgan fingerprint density at radius 2 is 0.967 bits per heavy atom. The van der Waals surface area contributed by atoms with Gasteiger partial charge < -0.3 is 8.74 Å². The van der Waals surface area contributed by atoms with Crippen LogP contribution in [0.5, 0.6) is 5.75 Å². The van der Waals surface area contributed by atoms with E-state index in [1.807, 2.05) is 0 Å². The lowest BCUT2D eigenvalue weighted by Crippen LogP contribution is -2.21. The third-order valence-corrected chi connectivity index (χ3v) is 17.6. The summed E-state index contributed by atoms with van der Waals surface area (Å²) in [5, 5.41) is 0. The van der Waals surface area contributed by atoms with Crippen LogP contribution in [0.2, 0.25) is 0 Å². The first kappa shape index (κ1) is 45.5. The molecule has 0 radical (unpaired) electrons. The van der Waals surface area contributed by atoms with E-state index >= 15 is 0 Å². The van der Waals surface area contributed by atoms with Crippen molar-refractivity contribution in [3.05, 3.63) is 138 Å². The molecule has 0 amide bonds. The maximum atomic E-state index is 14.5. The molecule has 0 atom stereocenters. The molecule has 0 aromatic heterocycles. The van der Waals surface area contributed by atoms with Crippen molar-refractivity contribution in [2.45, 2.75) is 163 Å². The first-order valence-corrected chi connectivity index (χ1v) is 26.8. The first-order valence-electron chi connectivity index (χ1n) is 22.3. The van der Waals surface area contributed by atoms with E-state index in [4.69, 9.17) is 4.18 Å². The van der Waals surface area contributed by atoms with Crippen LogP contribution in [0.1, 0.15) is 156 Å². The fourth-order valence-electron chi connectivity index (χ4n) is 9.64. The van der Waals surface area contributed by atoms with Gasteiger partial charge >= 0.3 is 10.1 Å². The summed E-state index contributed by atoms with van der Waals surface area (Å²) >= 11 is 3.37. The van der Waals surface area contributed by atoms with Gasteiger partial charge in [0.15, 0.2) is 25.3 Å². The summed E-state index contributed by atoms with van der Waals surface area (Å²) in [6, 6.07) is 39.1. The summed E-state index contributed by atoms with van der Waals surface area (Å²) in [6.45, 7) is 3.53. The summed E-state index contributed by atoms with van der Waals surface area (Å²) in [5.74, 6) is 0.472. The van der Waals surface area contributed by atoms with Gasteiger partial charge in [0.2, 0.25) is 0 Å². The van der Waals surface area contributed by atoms with Gasteiger partial charge in [-0.3, -0.25) is 0 Å². The van der Waals surface area contributed by atoms with Gasteiger partial charge in [-0.15, -0.1) is 0 Å². The van der Waals surface area contributed by atoms with E-state index in [1.54, 1.807) is 13.8 Å². The zero-order valence-electron chi connectivity index (χ0n) is 35.6. The lowest BCUT2D eigenvalue weighted by molar-refractivity contribution is 0.414. The topological polar surface area (TPSA) is 101 Å². The molecular weight excluding hydrogens is 837 g/mol. The van der Waals surface area contributed by atoms with Crippen molar-refractivity contribution in [1.82, 2.24) is 0 Å². The second-order valence-corrected chi connectivity index (χ2v) is 22.7. The van der Waals surface area contributed by atoms with E-state index in [2.05, 4.69) is 116 Å². The molecule has 3 aliphatic rings. The quantitative estimate of drug-likeness (QED) is 0.0743. The van der Waals surface area contributed by atoms with Crippen LogP contribution in [-0.4, -0.2) is 21.4 Å². The maximum absolute atomic E-state index is 14.5. The summed E-state index contributed by atoms with van der Waals surface area (Å²) in [5.41, 5.74) is 3.36. The average molecular weight is 898 g/mol. The Bertz CT molecular complexity index is 2290. The molecule has 3 fully saturated rings. The highest BCUT2D eigenvalue weighted by Crippen LogP contribution is 2.46. The second-order valence-electron chi connectivity index (χ2n) is 17.3. The van der Waals surface area contributed by atoms with Gasteiger partial charge in [0.1, 0.15) is 15.0 Å². The van der Waals surface area contributed by atoms with Crippen LogP contribution >= 0.6 is 0 Å². The Hall–Kier alpha value is -3.54. The second kappa shape index (κ2) is 20.8. The minimum atomic E-state index is -4.76. The predicted octanol–water partition coefficient (Wildman–Crippen LogP) is 12.8. The molecule has 0 heterocycles. The molecule has 0 N–H and O–H groups in total. The summed E-state index contributed by atoms with van der Waals surface area (Å²) in [6.07, 6.45) is 16.6. The minimum Gasteiger partial charge on any atom is -0.744 e. The third kappa shape index (κ3) is 11.4. The van der Waals surface area contributed by atoms with Crippen molar-refractivity contribution in [3.63, 3.8) is 0 Å². The standard InChI is InChI=1S/C33H46O6S3.C18H15S/c1-22(2)27-20-30(31(40)21-32(27)41(34,35)36)39-42(37,38)33-28(24-14-8-4-9-15-24)18-26(23-12-6-3-7-13-23)19-29(33)25-16-10-5-11-17-25;1-4-10-16(11-5-1)19(17-12-6-2-7-13-17)18-14-8-3-9-15-18/h18-25,40H,3-17H2,1-2H3,(H,34,35,36);1-15H/q;+1. The third-order valence-electron chi connectivity index (χ3n) is 12.7. The van der Waals surface area contributed by atoms with E-state index in [-0.39, 0.29) is 49.8 Å². The van der Waals surface area contributed by atoms with E-state index in [9.17, 15) is 21.4 Å². The van der Waals surface area contributed by atoms with Crippen molar-refractivity contribution in [3.8, 4) is 5.75 Å². The van der Waals surface area contributed by atoms with E-state index in [0.29, 0.717) is 10.8 Å². The van der Waals surface area contributed by atoms with Crippen LogP contribution in [0, 0.1) is 0 Å². The van der Waals surface area contributed by atoms with Crippen LogP contribution in [-0.2, 0) is 43.8 Å². The lowest BCUT2D eigenvalue weighted by Gasteiger charge is -2.32. The van der Waals surface area contributed by atoms with Crippen molar-refractivity contribution in [2.75, 3.05) is 0 Å². The number of hydrogen-bond donors (Lipinski definition) is 0. The fourth-order valence-corrected chi connectivity index (χ4v) is 14.5. The van der Waals surface area contributed by atoms with Gasteiger partial charge in [-0.05, 0) is 140 Å². The van der Waals surface area contributed by atoms with Gasteiger partial charge in [-0.25, -0.2) is 8.42 Å². The van der Waals surface area contributed by atoms with Crippen LogP contribution < -0.4 is 4.18 Å². The molecular formula is C51H61O6S4+. The smallest absolute Gasteiger partial charge is 0.339 e. The molecule has 8 rings (SSSR count). The van der Waals surface area contributed by atoms with E-state index < -0.39 is 20.2 Å². The Morgan fingerprint density at radius 1 is 0.574 bits per heavy atom. The first-order chi connectivity index (χ1) is 29.4. The molecule has 3 saturated carbocycles. The molecule has 0 saturated heterocycles. The van der Waals surface area contributed by atoms with Crippen LogP contribution in [0.15, 0.2) is 145 Å². The van der Waals surface area contributed by atoms with Crippen molar-refractivity contribution in [1.29, 1.82) is 0 Å². The van der Waals surface area contributed by atoms with E-state index in [0.717, 1.165) is 75.3 Å². The molecule has 61 heavy (non-hydrogen) atoms. The Kier molecular flexibility index (Phi) is 15.5. The molecule has 10 heteroatoms. The molecule has 6 nitrogen and oxygen atoms in total. The highest BCUT2D eigenvalue weighted by Gasteiger charge is 2.36. The van der Waals surface area contributed by atoms with Crippen molar-refractivity contribution >= 4 is 43.8 Å².